The lowest BCUT2D eigenvalue weighted by molar-refractivity contribution is 0.494. The fourth-order valence-corrected chi connectivity index (χ4v) is 1.62. The third-order valence-electron chi connectivity index (χ3n) is 3.22. The standard InChI is InChI=1S/C13H22N2O/c1-5-10(3)11(4)14-12-7-8-13(16)15(6-2)9-12/h7-11,14H,5-6H2,1-4H3. The number of hydrogen-bond donors (Lipinski definition) is 1. The molecule has 0 bridgehead atoms. The molecule has 0 amide bonds. The maximum absolute atomic E-state index is 11.4. The van der Waals surface area contributed by atoms with Gasteiger partial charge in [-0.3, -0.25) is 4.79 Å². The van der Waals surface area contributed by atoms with Crippen molar-refractivity contribution in [1.29, 1.82) is 0 Å². The number of aromatic nitrogens is 1. The van der Waals surface area contributed by atoms with E-state index in [2.05, 4.69) is 26.1 Å². The van der Waals surface area contributed by atoms with Gasteiger partial charge in [0.2, 0.25) is 0 Å². The highest BCUT2D eigenvalue weighted by Crippen LogP contribution is 2.13. The van der Waals surface area contributed by atoms with E-state index in [0.717, 1.165) is 12.1 Å². The Morgan fingerprint density at radius 2 is 2.00 bits per heavy atom. The highest BCUT2D eigenvalue weighted by molar-refractivity contribution is 5.41. The molecule has 3 nitrogen and oxygen atoms in total. The minimum Gasteiger partial charge on any atom is -0.381 e. The van der Waals surface area contributed by atoms with E-state index in [0.29, 0.717) is 18.5 Å². The minimum absolute atomic E-state index is 0.0595. The molecule has 0 radical (unpaired) electrons. The molecule has 1 aromatic heterocycles. The topological polar surface area (TPSA) is 34.0 Å². The Morgan fingerprint density at radius 1 is 1.31 bits per heavy atom. The fraction of sp³-hybridized carbons (Fsp3) is 0.615. The molecule has 1 N–H and O–H groups in total. The van der Waals surface area contributed by atoms with Gasteiger partial charge in [-0.2, -0.15) is 0 Å². The number of hydrogen-bond acceptors (Lipinski definition) is 2. The third kappa shape index (κ3) is 3.12. The van der Waals surface area contributed by atoms with Gasteiger partial charge < -0.3 is 9.88 Å². The summed E-state index contributed by atoms with van der Waals surface area (Å²) < 4.78 is 1.71. The predicted molar refractivity (Wildman–Crippen MR) is 68.9 cm³/mol. The van der Waals surface area contributed by atoms with Crippen LogP contribution in [0.3, 0.4) is 0 Å². The van der Waals surface area contributed by atoms with Gasteiger partial charge in [-0.25, -0.2) is 0 Å². The summed E-state index contributed by atoms with van der Waals surface area (Å²) in [4.78, 5) is 11.4. The van der Waals surface area contributed by atoms with E-state index < -0.39 is 0 Å². The molecule has 90 valence electrons. The minimum atomic E-state index is 0.0595. The smallest absolute Gasteiger partial charge is 0.250 e. The van der Waals surface area contributed by atoms with Crippen LogP contribution in [-0.2, 0) is 6.54 Å². The Labute approximate surface area is 97.5 Å². The van der Waals surface area contributed by atoms with E-state index in [-0.39, 0.29) is 5.56 Å². The maximum Gasteiger partial charge on any atom is 0.250 e. The van der Waals surface area contributed by atoms with Crippen molar-refractivity contribution in [2.75, 3.05) is 5.32 Å². The zero-order valence-corrected chi connectivity index (χ0v) is 10.7. The van der Waals surface area contributed by atoms with Gasteiger partial charge in [-0.1, -0.05) is 20.3 Å². The van der Waals surface area contributed by atoms with E-state index in [1.54, 1.807) is 10.6 Å². The summed E-state index contributed by atoms with van der Waals surface area (Å²) in [6.07, 6.45) is 3.04. The second-order valence-corrected chi connectivity index (χ2v) is 4.36. The van der Waals surface area contributed by atoms with E-state index >= 15 is 0 Å². The molecule has 1 rings (SSSR count). The Hall–Kier alpha value is -1.25. The molecular formula is C13H22N2O. The van der Waals surface area contributed by atoms with E-state index in [4.69, 9.17) is 0 Å². The summed E-state index contributed by atoms with van der Waals surface area (Å²) in [5.74, 6) is 0.627. The average Bonchev–Trinajstić information content (AvgIpc) is 2.30. The molecule has 0 saturated heterocycles. The molecular weight excluding hydrogens is 200 g/mol. The molecule has 2 unspecified atom stereocenters. The lowest BCUT2D eigenvalue weighted by atomic mass is 10.0. The number of aryl methyl sites for hydroxylation is 1. The van der Waals surface area contributed by atoms with Gasteiger partial charge in [0, 0.05) is 24.8 Å². The van der Waals surface area contributed by atoms with Gasteiger partial charge in [-0.15, -0.1) is 0 Å². The first kappa shape index (κ1) is 12.8. The summed E-state index contributed by atoms with van der Waals surface area (Å²) in [7, 11) is 0. The first-order chi connectivity index (χ1) is 7.58. The summed E-state index contributed by atoms with van der Waals surface area (Å²) >= 11 is 0. The number of anilines is 1. The van der Waals surface area contributed by atoms with Gasteiger partial charge in [0.15, 0.2) is 0 Å². The van der Waals surface area contributed by atoms with Gasteiger partial charge in [0.1, 0.15) is 0 Å². The predicted octanol–water partition coefficient (Wildman–Crippen LogP) is 2.71. The Bertz CT molecular complexity index is 384. The van der Waals surface area contributed by atoms with E-state index in [1.807, 2.05) is 19.2 Å². The molecule has 16 heavy (non-hydrogen) atoms. The molecule has 0 saturated carbocycles. The molecule has 1 aromatic rings. The highest BCUT2D eigenvalue weighted by Gasteiger charge is 2.09. The van der Waals surface area contributed by atoms with E-state index in [1.165, 1.54) is 0 Å². The summed E-state index contributed by atoms with van der Waals surface area (Å²) in [6, 6.07) is 3.90. The lowest BCUT2D eigenvalue weighted by Crippen LogP contribution is -2.25. The second kappa shape index (κ2) is 5.73. The Kier molecular flexibility index (Phi) is 4.59. The van der Waals surface area contributed by atoms with Gasteiger partial charge in [0.25, 0.3) is 5.56 Å². The average molecular weight is 222 g/mol. The van der Waals surface area contributed by atoms with Crippen LogP contribution in [0.2, 0.25) is 0 Å². The molecule has 0 aliphatic carbocycles. The Balaban J connectivity index is 2.78. The summed E-state index contributed by atoms with van der Waals surface area (Å²) in [5, 5.41) is 3.43. The van der Waals surface area contributed by atoms with Gasteiger partial charge in [0.05, 0.1) is 5.69 Å². The van der Waals surface area contributed by atoms with Crippen molar-refractivity contribution in [2.45, 2.75) is 46.7 Å². The molecule has 3 heteroatoms. The quantitative estimate of drug-likeness (QED) is 0.831. The molecule has 0 spiro atoms. The van der Waals surface area contributed by atoms with Crippen molar-refractivity contribution in [3.05, 3.63) is 28.7 Å². The zero-order valence-electron chi connectivity index (χ0n) is 10.7. The van der Waals surface area contributed by atoms with Crippen LogP contribution in [0.4, 0.5) is 5.69 Å². The van der Waals surface area contributed by atoms with Crippen LogP contribution in [0, 0.1) is 5.92 Å². The van der Waals surface area contributed by atoms with Crippen LogP contribution in [0.15, 0.2) is 23.1 Å². The molecule has 0 fully saturated rings. The van der Waals surface area contributed by atoms with Gasteiger partial charge in [-0.05, 0) is 25.8 Å². The van der Waals surface area contributed by atoms with E-state index in [9.17, 15) is 4.79 Å². The summed E-state index contributed by atoms with van der Waals surface area (Å²) in [6.45, 7) is 9.29. The molecule has 0 aliphatic rings. The van der Waals surface area contributed by atoms with Crippen molar-refractivity contribution >= 4 is 5.69 Å². The highest BCUT2D eigenvalue weighted by atomic mass is 16.1. The number of rotatable bonds is 5. The van der Waals surface area contributed by atoms with Crippen molar-refractivity contribution in [3.8, 4) is 0 Å². The fourth-order valence-electron chi connectivity index (χ4n) is 1.62. The van der Waals surface area contributed by atoms with Crippen LogP contribution >= 0.6 is 0 Å². The zero-order chi connectivity index (χ0) is 12.1. The van der Waals surface area contributed by atoms with Crippen LogP contribution in [0.1, 0.15) is 34.1 Å². The van der Waals surface area contributed by atoms with Crippen molar-refractivity contribution < 1.29 is 0 Å². The monoisotopic (exact) mass is 222 g/mol. The second-order valence-electron chi connectivity index (χ2n) is 4.36. The largest absolute Gasteiger partial charge is 0.381 e. The maximum atomic E-state index is 11.4. The first-order valence-corrected chi connectivity index (χ1v) is 6.05. The molecule has 0 aromatic carbocycles. The van der Waals surface area contributed by atoms with Gasteiger partial charge >= 0.3 is 0 Å². The third-order valence-corrected chi connectivity index (χ3v) is 3.22. The molecule has 2 atom stereocenters. The van der Waals surface area contributed by atoms with Crippen molar-refractivity contribution in [3.63, 3.8) is 0 Å². The van der Waals surface area contributed by atoms with Crippen LogP contribution < -0.4 is 10.9 Å². The number of pyridine rings is 1. The van der Waals surface area contributed by atoms with Crippen LogP contribution in [-0.4, -0.2) is 10.6 Å². The van der Waals surface area contributed by atoms with Crippen molar-refractivity contribution in [1.82, 2.24) is 4.57 Å². The normalized spacial score (nSPS) is 14.5. The van der Waals surface area contributed by atoms with Crippen LogP contribution in [0.25, 0.3) is 0 Å². The Morgan fingerprint density at radius 3 is 2.56 bits per heavy atom. The van der Waals surface area contributed by atoms with Crippen LogP contribution in [0.5, 0.6) is 0 Å². The molecule has 0 aliphatic heterocycles. The van der Waals surface area contributed by atoms with Crippen molar-refractivity contribution in [2.24, 2.45) is 5.92 Å². The number of nitrogens with zero attached hydrogens (tertiary/aromatic N) is 1. The SMILES string of the molecule is CCC(C)C(C)Nc1ccc(=O)n(CC)c1. The lowest BCUT2D eigenvalue weighted by Gasteiger charge is -2.21. The number of nitrogens with one attached hydrogen (secondary N) is 1. The first-order valence-electron chi connectivity index (χ1n) is 6.05. The molecule has 1 heterocycles. The summed E-state index contributed by atoms with van der Waals surface area (Å²) in [5.41, 5.74) is 1.08.